The number of fused-ring (bicyclic) bond motifs is 1. The summed E-state index contributed by atoms with van der Waals surface area (Å²) in [6.45, 7) is 1.71. The van der Waals surface area contributed by atoms with Crippen LogP contribution in [0, 0.1) is 18.6 Å². The van der Waals surface area contributed by atoms with Gasteiger partial charge in [0.1, 0.15) is 17.5 Å². The highest BCUT2D eigenvalue weighted by atomic mass is 19.1. The Morgan fingerprint density at radius 3 is 2.77 bits per heavy atom. The number of aromatic nitrogens is 3. The van der Waals surface area contributed by atoms with E-state index < -0.39 is 17.5 Å². The number of hydrogen-bond donors (Lipinski definition) is 2. The number of carbonyl (C=O) groups excluding carboxylic acids is 1. The Bertz CT molecular complexity index is 1130. The Labute approximate surface area is 145 Å². The zero-order valence-electron chi connectivity index (χ0n) is 13.5. The number of amides is 1. The van der Waals surface area contributed by atoms with E-state index in [-0.39, 0.29) is 17.1 Å². The number of carbonyl (C=O) groups is 1. The van der Waals surface area contributed by atoms with Gasteiger partial charge in [-0.3, -0.25) is 4.79 Å². The molecule has 2 N–H and O–H groups in total. The molecule has 0 aliphatic carbocycles. The lowest BCUT2D eigenvalue weighted by Gasteiger charge is -2.02. The van der Waals surface area contributed by atoms with Gasteiger partial charge < -0.3 is 14.8 Å². The normalized spacial score (nSPS) is 11.0. The number of rotatable bonds is 3. The second-order valence-corrected chi connectivity index (χ2v) is 5.73. The summed E-state index contributed by atoms with van der Waals surface area (Å²) < 4.78 is 32.2. The van der Waals surface area contributed by atoms with Crippen LogP contribution in [-0.4, -0.2) is 21.0 Å². The number of halogens is 2. The van der Waals surface area contributed by atoms with Gasteiger partial charge in [0.05, 0.1) is 22.3 Å². The van der Waals surface area contributed by atoms with Crippen molar-refractivity contribution < 1.29 is 18.1 Å². The molecule has 0 aliphatic heterocycles. The summed E-state index contributed by atoms with van der Waals surface area (Å²) in [7, 11) is 0. The van der Waals surface area contributed by atoms with Crippen molar-refractivity contribution in [2.45, 2.75) is 6.92 Å². The monoisotopic (exact) mass is 354 g/mol. The molecule has 0 radical (unpaired) electrons. The molecule has 4 aromatic rings. The molecular formula is C18H12F2N4O2. The maximum absolute atomic E-state index is 13.9. The van der Waals surface area contributed by atoms with Crippen LogP contribution in [0.2, 0.25) is 0 Å². The van der Waals surface area contributed by atoms with Crippen LogP contribution < -0.4 is 5.32 Å². The van der Waals surface area contributed by atoms with Gasteiger partial charge in [0.15, 0.2) is 0 Å². The van der Waals surface area contributed by atoms with Crippen LogP contribution in [0.4, 0.5) is 14.5 Å². The summed E-state index contributed by atoms with van der Waals surface area (Å²) in [5, 5.41) is 6.34. The van der Waals surface area contributed by atoms with Crippen LogP contribution in [0.3, 0.4) is 0 Å². The number of nitrogens with zero attached hydrogens (tertiary/aromatic N) is 2. The fourth-order valence-corrected chi connectivity index (χ4v) is 2.56. The minimum Gasteiger partial charge on any atom is -0.351 e. The molecule has 0 bridgehead atoms. The molecule has 0 fully saturated rings. The molecule has 130 valence electrons. The number of anilines is 1. The summed E-state index contributed by atoms with van der Waals surface area (Å²) in [6, 6.07) is 9.63. The van der Waals surface area contributed by atoms with Crippen molar-refractivity contribution >= 4 is 22.6 Å². The average molecular weight is 354 g/mol. The van der Waals surface area contributed by atoms with E-state index in [1.54, 1.807) is 25.1 Å². The van der Waals surface area contributed by atoms with Gasteiger partial charge in [-0.25, -0.2) is 13.8 Å². The summed E-state index contributed by atoms with van der Waals surface area (Å²) in [6.07, 6.45) is 0. The summed E-state index contributed by atoms with van der Waals surface area (Å²) in [4.78, 5) is 19.3. The third-order valence-electron chi connectivity index (χ3n) is 3.78. The van der Waals surface area contributed by atoms with Crippen LogP contribution in [0.5, 0.6) is 0 Å². The minimum absolute atomic E-state index is 0.0314. The molecule has 0 saturated heterocycles. The molecule has 1 amide bonds. The fraction of sp³-hybridized carbons (Fsp3) is 0.0556. The SMILES string of the molecule is Cc1cc(C(=O)Nc2ccc3nc(-c4cc(F)ccc4F)[nH]c3c2)on1. The molecule has 4 rings (SSSR count). The minimum atomic E-state index is -0.584. The topological polar surface area (TPSA) is 83.8 Å². The lowest BCUT2D eigenvalue weighted by Crippen LogP contribution is -2.10. The summed E-state index contributed by atoms with van der Waals surface area (Å²) in [5.74, 6) is -1.29. The zero-order chi connectivity index (χ0) is 18.3. The van der Waals surface area contributed by atoms with E-state index >= 15 is 0 Å². The highest BCUT2D eigenvalue weighted by Crippen LogP contribution is 2.25. The second-order valence-electron chi connectivity index (χ2n) is 5.73. The molecule has 0 unspecified atom stereocenters. The van der Waals surface area contributed by atoms with E-state index in [0.717, 1.165) is 18.2 Å². The van der Waals surface area contributed by atoms with E-state index in [4.69, 9.17) is 4.52 Å². The van der Waals surface area contributed by atoms with Crippen molar-refractivity contribution in [3.05, 3.63) is 65.6 Å². The number of imidazole rings is 1. The quantitative estimate of drug-likeness (QED) is 0.581. The zero-order valence-corrected chi connectivity index (χ0v) is 13.5. The van der Waals surface area contributed by atoms with Gasteiger partial charge in [-0.1, -0.05) is 5.16 Å². The molecule has 0 atom stereocenters. The van der Waals surface area contributed by atoms with Gasteiger partial charge in [0.25, 0.3) is 5.91 Å². The van der Waals surface area contributed by atoms with Crippen LogP contribution in [0.15, 0.2) is 47.0 Å². The fourth-order valence-electron chi connectivity index (χ4n) is 2.56. The van der Waals surface area contributed by atoms with Crippen molar-refractivity contribution in [1.82, 2.24) is 15.1 Å². The number of hydrogen-bond acceptors (Lipinski definition) is 4. The predicted molar refractivity (Wildman–Crippen MR) is 90.6 cm³/mol. The highest BCUT2D eigenvalue weighted by molar-refractivity contribution is 6.03. The molecule has 26 heavy (non-hydrogen) atoms. The van der Waals surface area contributed by atoms with Gasteiger partial charge in [-0.2, -0.15) is 0 Å². The number of aryl methyl sites for hydroxylation is 1. The van der Waals surface area contributed by atoms with Crippen molar-refractivity contribution in [2.24, 2.45) is 0 Å². The number of nitrogens with one attached hydrogen (secondary N) is 2. The molecule has 2 aromatic carbocycles. The number of H-pyrrole nitrogens is 1. The second kappa shape index (κ2) is 6.07. The molecule has 2 aromatic heterocycles. The highest BCUT2D eigenvalue weighted by Gasteiger charge is 2.14. The summed E-state index contributed by atoms with van der Waals surface area (Å²) >= 11 is 0. The van der Waals surface area contributed by atoms with Gasteiger partial charge in [-0.15, -0.1) is 0 Å². The third kappa shape index (κ3) is 2.92. The lowest BCUT2D eigenvalue weighted by molar-refractivity contribution is 0.0988. The largest absolute Gasteiger partial charge is 0.351 e. The van der Waals surface area contributed by atoms with Crippen molar-refractivity contribution in [2.75, 3.05) is 5.32 Å². The van der Waals surface area contributed by atoms with Crippen molar-refractivity contribution in [1.29, 1.82) is 0 Å². The van der Waals surface area contributed by atoms with E-state index in [0.29, 0.717) is 22.4 Å². The van der Waals surface area contributed by atoms with Crippen molar-refractivity contribution in [3.8, 4) is 11.4 Å². The van der Waals surface area contributed by atoms with E-state index in [9.17, 15) is 13.6 Å². The molecule has 8 heteroatoms. The average Bonchev–Trinajstić information content (AvgIpc) is 3.22. The first kappa shape index (κ1) is 15.9. The lowest BCUT2D eigenvalue weighted by atomic mass is 10.2. The van der Waals surface area contributed by atoms with Gasteiger partial charge in [-0.05, 0) is 43.3 Å². The van der Waals surface area contributed by atoms with E-state index in [1.165, 1.54) is 6.07 Å². The maximum Gasteiger partial charge on any atom is 0.294 e. The Balaban J connectivity index is 1.65. The van der Waals surface area contributed by atoms with Gasteiger partial charge >= 0.3 is 0 Å². The third-order valence-corrected chi connectivity index (χ3v) is 3.78. The summed E-state index contributed by atoms with van der Waals surface area (Å²) in [5.41, 5.74) is 2.24. The first-order chi connectivity index (χ1) is 12.5. The molecule has 6 nitrogen and oxygen atoms in total. The Morgan fingerprint density at radius 2 is 2.00 bits per heavy atom. The maximum atomic E-state index is 13.9. The van der Waals surface area contributed by atoms with Crippen LogP contribution in [-0.2, 0) is 0 Å². The van der Waals surface area contributed by atoms with E-state index in [1.807, 2.05) is 0 Å². The standard InChI is InChI=1S/C18H12F2N4O2/c1-9-6-16(26-24-9)18(25)21-11-3-5-14-15(8-11)23-17(22-14)12-7-10(19)2-4-13(12)20/h2-8H,1H3,(H,21,25)(H,22,23). The smallest absolute Gasteiger partial charge is 0.294 e. The number of benzene rings is 2. The first-order valence-corrected chi connectivity index (χ1v) is 7.69. The molecule has 0 saturated carbocycles. The Kier molecular flexibility index (Phi) is 3.72. The molecule has 2 heterocycles. The van der Waals surface area contributed by atoms with Gasteiger partial charge in [0, 0.05) is 11.8 Å². The molecule has 0 spiro atoms. The van der Waals surface area contributed by atoms with Gasteiger partial charge in [0.2, 0.25) is 5.76 Å². The predicted octanol–water partition coefficient (Wildman–Crippen LogP) is 4.06. The van der Waals surface area contributed by atoms with Crippen LogP contribution in [0.1, 0.15) is 16.2 Å². The molecular weight excluding hydrogens is 342 g/mol. The first-order valence-electron chi connectivity index (χ1n) is 7.69. The number of aromatic amines is 1. The Hall–Kier alpha value is -3.55. The molecule has 0 aliphatic rings. The van der Waals surface area contributed by atoms with Crippen LogP contribution in [0.25, 0.3) is 22.4 Å². The van der Waals surface area contributed by atoms with Crippen molar-refractivity contribution in [3.63, 3.8) is 0 Å². The van der Waals surface area contributed by atoms with Crippen LogP contribution >= 0.6 is 0 Å². The Morgan fingerprint density at radius 1 is 1.15 bits per heavy atom. The van der Waals surface area contributed by atoms with E-state index in [2.05, 4.69) is 20.4 Å².